The highest BCUT2D eigenvalue weighted by Crippen LogP contribution is 2.11. The first kappa shape index (κ1) is 18.0. The molecular formula is C15H19F2NO4. The molecule has 5 nitrogen and oxygen atoms in total. The Morgan fingerprint density at radius 2 is 1.91 bits per heavy atom. The summed E-state index contributed by atoms with van der Waals surface area (Å²) >= 11 is 0. The zero-order valence-electron chi connectivity index (χ0n) is 12.6. The molecule has 122 valence electrons. The maximum Gasteiger partial charge on any atom is 0.307 e. The van der Waals surface area contributed by atoms with Gasteiger partial charge >= 0.3 is 5.97 Å². The Morgan fingerprint density at radius 3 is 2.50 bits per heavy atom. The Kier molecular flexibility index (Phi) is 7.45. The number of rotatable bonds is 8. The van der Waals surface area contributed by atoms with E-state index in [2.05, 4.69) is 0 Å². The predicted octanol–water partition coefficient (Wildman–Crippen LogP) is 2.01. The summed E-state index contributed by atoms with van der Waals surface area (Å²) in [4.78, 5) is 25.0. The molecule has 0 N–H and O–H groups in total. The molecule has 0 aliphatic heterocycles. The smallest absolute Gasteiger partial charge is 0.307 e. The van der Waals surface area contributed by atoms with E-state index < -0.39 is 23.5 Å². The highest BCUT2D eigenvalue weighted by Gasteiger charge is 2.18. The number of esters is 1. The SMILES string of the molecule is CCOC(=O)CCN(CCOC)C(=O)c1ccc(F)c(F)c1. The van der Waals surface area contributed by atoms with Crippen LogP contribution < -0.4 is 0 Å². The maximum absolute atomic E-state index is 13.2. The lowest BCUT2D eigenvalue weighted by atomic mass is 10.2. The van der Waals surface area contributed by atoms with Crippen molar-refractivity contribution in [1.82, 2.24) is 4.90 Å². The molecule has 22 heavy (non-hydrogen) atoms. The molecular weight excluding hydrogens is 296 g/mol. The van der Waals surface area contributed by atoms with Crippen LogP contribution >= 0.6 is 0 Å². The fourth-order valence-corrected chi connectivity index (χ4v) is 1.79. The van der Waals surface area contributed by atoms with Crippen molar-refractivity contribution in [3.63, 3.8) is 0 Å². The van der Waals surface area contributed by atoms with Gasteiger partial charge in [-0.3, -0.25) is 9.59 Å². The van der Waals surface area contributed by atoms with E-state index in [0.717, 1.165) is 12.1 Å². The van der Waals surface area contributed by atoms with Crippen LogP contribution in [-0.4, -0.2) is 50.2 Å². The first-order valence-electron chi connectivity index (χ1n) is 6.88. The third-order valence-electron chi connectivity index (χ3n) is 2.91. The number of hydrogen-bond acceptors (Lipinski definition) is 4. The van der Waals surface area contributed by atoms with Gasteiger partial charge in [0, 0.05) is 25.8 Å². The van der Waals surface area contributed by atoms with Crippen molar-refractivity contribution < 1.29 is 27.8 Å². The molecule has 1 aromatic rings. The summed E-state index contributed by atoms with van der Waals surface area (Å²) in [6.07, 6.45) is 0.0208. The van der Waals surface area contributed by atoms with Gasteiger partial charge in [0.2, 0.25) is 0 Å². The van der Waals surface area contributed by atoms with Gasteiger partial charge in [-0.2, -0.15) is 0 Å². The van der Waals surface area contributed by atoms with E-state index in [4.69, 9.17) is 9.47 Å². The van der Waals surface area contributed by atoms with E-state index in [9.17, 15) is 18.4 Å². The Bertz CT molecular complexity index is 522. The van der Waals surface area contributed by atoms with Crippen molar-refractivity contribution in [2.24, 2.45) is 0 Å². The van der Waals surface area contributed by atoms with Gasteiger partial charge in [-0.1, -0.05) is 0 Å². The molecule has 0 heterocycles. The summed E-state index contributed by atoms with van der Waals surface area (Å²) in [6, 6.07) is 2.93. The van der Waals surface area contributed by atoms with E-state index in [1.807, 2.05) is 0 Å². The van der Waals surface area contributed by atoms with E-state index in [-0.39, 0.29) is 38.3 Å². The molecule has 0 atom stereocenters. The van der Waals surface area contributed by atoms with E-state index in [1.165, 1.54) is 18.1 Å². The van der Waals surface area contributed by atoms with E-state index in [0.29, 0.717) is 0 Å². The molecule has 0 unspecified atom stereocenters. The summed E-state index contributed by atoms with van der Waals surface area (Å²) in [5.41, 5.74) is 0.0128. The molecule has 0 saturated carbocycles. The normalized spacial score (nSPS) is 10.4. The second kappa shape index (κ2) is 9.09. The molecule has 0 radical (unpaired) electrons. The minimum atomic E-state index is -1.09. The Hall–Kier alpha value is -2.02. The highest BCUT2D eigenvalue weighted by atomic mass is 19.2. The zero-order valence-corrected chi connectivity index (χ0v) is 12.6. The molecule has 0 aromatic heterocycles. The molecule has 1 amide bonds. The number of ether oxygens (including phenoxy) is 2. The molecule has 7 heteroatoms. The molecule has 1 aromatic carbocycles. The van der Waals surface area contributed by atoms with Crippen LogP contribution in [-0.2, 0) is 14.3 Å². The summed E-state index contributed by atoms with van der Waals surface area (Å²) in [6.45, 7) is 2.55. The van der Waals surface area contributed by atoms with Crippen molar-refractivity contribution in [1.29, 1.82) is 0 Å². The number of nitrogens with zero attached hydrogens (tertiary/aromatic N) is 1. The van der Waals surface area contributed by atoms with Crippen LogP contribution in [0.5, 0.6) is 0 Å². The molecule has 1 rings (SSSR count). The van der Waals surface area contributed by atoms with Crippen LogP contribution in [0.4, 0.5) is 8.78 Å². The van der Waals surface area contributed by atoms with E-state index >= 15 is 0 Å². The number of benzene rings is 1. The molecule has 0 fully saturated rings. The third kappa shape index (κ3) is 5.40. The van der Waals surface area contributed by atoms with Gasteiger partial charge in [0.15, 0.2) is 11.6 Å². The van der Waals surface area contributed by atoms with Gasteiger partial charge in [-0.05, 0) is 25.1 Å². The van der Waals surface area contributed by atoms with Crippen molar-refractivity contribution in [3.05, 3.63) is 35.4 Å². The zero-order chi connectivity index (χ0) is 16.5. The summed E-state index contributed by atoms with van der Waals surface area (Å²) in [5.74, 6) is -3.04. The Labute approximate surface area is 127 Å². The molecule has 0 saturated heterocycles. The van der Waals surface area contributed by atoms with Gasteiger partial charge in [-0.25, -0.2) is 8.78 Å². The standard InChI is InChI=1S/C15H19F2NO4/c1-3-22-14(19)6-7-18(8-9-21-2)15(20)11-4-5-12(16)13(17)10-11/h4-5,10H,3,6-9H2,1-2H3. The van der Waals surface area contributed by atoms with Crippen molar-refractivity contribution in [2.75, 3.05) is 33.4 Å². The van der Waals surface area contributed by atoms with Crippen LogP contribution in [0.3, 0.4) is 0 Å². The number of hydrogen-bond donors (Lipinski definition) is 0. The lowest BCUT2D eigenvalue weighted by Gasteiger charge is -2.22. The highest BCUT2D eigenvalue weighted by molar-refractivity contribution is 5.94. The quantitative estimate of drug-likeness (QED) is 0.689. The molecule has 0 aliphatic rings. The summed E-state index contributed by atoms with van der Waals surface area (Å²) in [5, 5.41) is 0. The number of methoxy groups -OCH3 is 1. The number of amides is 1. The first-order chi connectivity index (χ1) is 10.5. The fourth-order valence-electron chi connectivity index (χ4n) is 1.79. The van der Waals surface area contributed by atoms with Crippen molar-refractivity contribution in [3.8, 4) is 0 Å². The average molecular weight is 315 g/mol. The van der Waals surface area contributed by atoms with Crippen LogP contribution in [0.25, 0.3) is 0 Å². The lowest BCUT2D eigenvalue weighted by molar-refractivity contribution is -0.143. The summed E-state index contributed by atoms with van der Waals surface area (Å²) < 4.78 is 35.9. The molecule has 0 aliphatic carbocycles. The maximum atomic E-state index is 13.2. The van der Waals surface area contributed by atoms with Crippen molar-refractivity contribution >= 4 is 11.9 Å². The third-order valence-corrected chi connectivity index (χ3v) is 2.91. The van der Waals surface area contributed by atoms with Crippen molar-refractivity contribution in [2.45, 2.75) is 13.3 Å². The Balaban J connectivity index is 2.78. The van der Waals surface area contributed by atoms with Crippen LogP contribution in [0, 0.1) is 11.6 Å². The molecule has 0 spiro atoms. The van der Waals surface area contributed by atoms with Gasteiger partial charge < -0.3 is 14.4 Å². The second-order valence-electron chi connectivity index (χ2n) is 4.47. The lowest BCUT2D eigenvalue weighted by Crippen LogP contribution is -2.36. The number of halogens is 2. The predicted molar refractivity (Wildman–Crippen MR) is 75.4 cm³/mol. The largest absolute Gasteiger partial charge is 0.466 e. The molecule has 0 bridgehead atoms. The van der Waals surface area contributed by atoms with Gasteiger partial charge in [0.25, 0.3) is 5.91 Å². The monoisotopic (exact) mass is 315 g/mol. The second-order valence-corrected chi connectivity index (χ2v) is 4.47. The van der Waals surface area contributed by atoms with Crippen LogP contribution in [0.15, 0.2) is 18.2 Å². The fraction of sp³-hybridized carbons (Fsp3) is 0.467. The van der Waals surface area contributed by atoms with Gasteiger partial charge in [-0.15, -0.1) is 0 Å². The van der Waals surface area contributed by atoms with Gasteiger partial charge in [0.1, 0.15) is 0 Å². The first-order valence-corrected chi connectivity index (χ1v) is 6.88. The van der Waals surface area contributed by atoms with E-state index in [1.54, 1.807) is 6.92 Å². The van der Waals surface area contributed by atoms with Gasteiger partial charge in [0.05, 0.1) is 19.6 Å². The Morgan fingerprint density at radius 1 is 1.18 bits per heavy atom. The minimum Gasteiger partial charge on any atom is -0.466 e. The van der Waals surface area contributed by atoms with Crippen LogP contribution in [0.2, 0.25) is 0 Å². The topological polar surface area (TPSA) is 55.8 Å². The number of carbonyl (C=O) groups is 2. The summed E-state index contributed by atoms with van der Waals surface area (Å²) in [7, 11) is 1.48. The van der Waals surface area contributed by atoms with Crippen LogP contribution in [0.1, 0.15) is 23.7 Å². The average Bonchev–Trinajstić information content (AvgIpc) is 2.50. The number of carbonyl (C=O) groups excluding carboxylic acids is 2. The minimum absolute atomic E-state index is 0.0128.